The second kappa shape index (κ2) is 13.3. The van der Waals surface area contributed by atoms with Gasteiger partial charge in [-0.2, -0.15) is 0 Å². The highest BCUT2D eigenvalue weighted by molar-refractivity contribution is 7.84. The maximum absolute atomic E-state index is 12.1. The van der Waals surface area contributed by atoms with Gasteiger partial charge in [-0.25, -0.2) is 9.59 Å². The first kappa shape index (κ1) is 26.0. The van der Waals surface area contributed by atoms with Crippen LogP contribution in [-0.2, 0) is 34.5 Å². The zero-order chi connectivity index (χ0) is 22.7. The van der Waals surface area contributed by atoms with E-state index in [0.29, 0.717) is 10.5 Å². The fourth-order valence-corrected chi connectivity index (χ4v) is 2.90. The number of hydrogen-bond acceptors (Lipinski definition) is 8. The molecule has 0 bridgehead atoms. The summed E-state index contributed by atoms with van der Waals surface area (Å²) in [5.74, 6) is -0.792. The number of rotatable bonds is 10. The predicted molar refractivity (Wildman–Crippen MR) is 110 cm³/mol. The molecule has 3 atom stereocenters. The van der Waals surface area contributed by atoms with E-state index in [-0.39, 0.29) is 13.2 Å². The molecule has 0 aliphatic carbocycles. The van der Waals surface area contributed by atoms with Crippen LogP contribution in [0.4, 0.5) is 9.59 Å². The standard InChI is InChI=1S/C18H23Cl2NO8S/c1-4-26-17(23)28-10-13(21-16(22)15(19)20)14(29-18(24)27-5-2)11-6-8-12(9-7-11)30(3)25/h6-9,13-15H,4-5,10H2,1-3H3,(H,21,22)/t13-,14-,30?/m1/s1. The Morgan fingerprint density at radius 3 is 2.07 bits per heavy atom. The smallest absolute Gasteiger partial charge is 0.435 e. The summed E-state index contributed by atoms with van der Waals surface area (Å²) in [6.45, 7) is 2.91. The van der Waals surface area contributed by atoms with E-state index in [0.717, 1.165) is 0 Å². The molecule has 30 heavy (non-hydrogen) atoms. The Kier molecular flexibility index (Phi) is 11.5. The number of hydrogen-bond donors (Lipinski definition) is 1. The average molecular weight is 484 g/mol. The summed E-state index contributed by atoms with van der Waals surface area (Å²) in [6.07, 6.45) is -1.61. The number of nitrogens with one attached hydrogen (secondary N) is 1. The Morgan fingerprint density at radius 2 is 1.57 bits per heavy atom. The van der Waals surface area contributed by atoms with Crippen molar-refractivity contribution in [3.63, 3.8) is 0 Å². The molecule has 9 nitrogen and oxygen atoms in total. The second-order valence-electron chi connectivity index (χ2n) is 5.65. The molecule has 0 saturated heterocycles. The van der Waals surface area contributed by atoms with Crippen LogP contribution in [0.2, 0.25) is 0 Å². The Hall–Kier alpha value is -2.04. The largest absolute Gasteiger partial charge is 0.508 e. The summed E-state index contributed by atoms with van der Waals surface area (Å²) in [4.78, 5) is 34.8. The van der Waals surface area contributed by atoms with Gasteiger partial charge in [0.2, 0.25) is 0 Å². The first-order valence-corrected chi connectivity index (χ1v) is 11.3. The highest BCUT2D eigenvalue weighted by Gasteiger charge is 2.32. The Bertz CT molecular complexity index is 744. The normalized spacial score (nSPS) is 13.7. The van der Waals surface area contributed by atoms with Crippen LogP contribution in [0.15, 0.2) is 29.2 Å². The lowest BCUT2D eigenvalue weighted by atomic mass is 10.0. The first-order valence-electron chi connectivity index (χ1n) is 8.84. The van der Waals surface area contributed by atoms with Crippen molar-refractivity contribution >= 4 is 52.2 Å². The van der Waals surface area contributed by atoms with E-state index >= 15 is 0 Å². The SMILES string of the molecule is CCOC(=O)OC[C@@H](NC(=O)C(Cl)Cl)[C@H](OC(=O)OCC)c1ccc(S(C)=O)cc1. The molecule has 1 N–H and O–H groups in total. The molecular weight excluding hydrogens is 461 g/mol. The highest BCUT2D eigenvalue weighted by atomic mass is 35.5. The van der Waals surface area contributed by atoms with Gasteiger partial charge in [-0.3, -0.25) is 9.00 Å². The van der Waals surface area contributed by atoms with Crippen molar-refractivity contribution in [3.05, 3.63) is 29.8 Å². The molecule has 168 valence electrons. The van der Waals surface area contributed by atoms with Crippen LogP contribution >= 0.6 is 23.2 Å². The molecule has 0 fully saturated rings. The molecule has 0 radical (unpaired) electrons. The average Bonchev–Trinajstić information content (AvgIpc) is 2.69. The van der Waals surface area contributed by atoms with Crippen LogP contribution in [-0.4, -0.2) is 59.4 Å². The van der Waals surface area contributed by atoms with Gasteiger partial charge >= 0.3 is 12.3 Å². The van der Waals surface area contributed by atoms with Crippen molar-refractivity contribution in [2.75, 3.05) is 26.1 Å². The van der Waals surface area contributed by atoms with E-state index in [1.807, 2.05) is 0 Å². The third-order valence-corrected chi connectivity index (χ3v) is 4.89. The van der Waals surface area contributed by atoms with Gasteiger partial charge in [-0.15, -0.1) is 0 Å². The molecule has 12 heteroatoms. The third kappa shape index (κ3) is 8.76. The minimum atomic E-state index is -1.41. The summed E-state index contributed by atoms with van der Waals surface area (Å²) in [6, 6.07) is 5.18. The van der Waals surface area contributed by atoms with Gasteiger partial charge in [0.15, 0.2) is 10.9 Å². The fourth-order valence-electron chi connectivity index (χ4n) is 2.25. The van der Waals surface area contributed by atoms with E-state index in [1.54, 1.807) is 38.1 Å². The molecule has 1 aromatic carbocycles. The van der Waals surface area contributed by atoms with Crippen molar-refractivity contribution in [2.45, 2.75) is 35.7 Å². The van der Waals surface area contributed by atoms with E-state index in [4.69, 9.17) is 42.1 Å². The Morgan fingerprint density at radius 1 is 1.00 bits per heavy atom. The van der Waals surface area contributed by atoms with Gasteiger partial charge in [-0.1, -0.05) is 35.3 Å². The van der Waals surface area contributed by atoms with Crippen molar-refractivity contribution in [1.29, 1.82) is 0 Å². The molecule has 0 saturated carbocycles. The fraction of sp³-hybridized carbons (Fsp3) is 0.500. The molecule has 1 unspecified atom stereocenters. The lowest BCUT2D eigenvalue weighted by molar-refractivity contribution is -0.122. The Labute approximate surface area is 186 Å². The number of carbonyl (C=O) groups excluding carboxylic acids is 3. The number of benzene rings is 1. The van der Waals surface area contributed by atoms with Crippen LogP contribution in [0.25, 0.3) is 0 Å². The molecule has 0 aliphatic rings. The van der Waals surface area contributed by atoms with Crippen LogP contribution in [0.5, 0.6) is 0 Å². The minimum Gasteiger partial charge on any atom is -0.435 e. The van der Waals surface area contributed by atoms with Crippen LogP contribution in [0.1, 0.15) is 25.5 Å². The third-order valence-electron chi connectivity index (χ3n) is 3.56. The van der Waals surface area contributed by atoms with E-state index in [9.17, 15) is 18.6 Å². The molecule has 1 amide bonds. The maximum atomic E-state index is 12.1. The minimum absolute atomic E-state index is 0.0566. The van der Waals surface area contributed by atoms with Gasteiger partial charge in [-0.05, 0) is 31.5 Å². The maximum Gasteiger partial charge on any atom is 0.508 e. The lowest BCUT2D eigenvalue weighted by Crippen LogP contribution is -2.46. The molecule has 0 aliphatic heterocycles. The first-order chi connectivity index (χ1) is 14.2. The van der Waals surface area contributed by atoms with Gasteiger partial charge < -0.3 is 24.3 Å². The molecule has 0 heterocycles. The van der Waals surface area contributed by atoms with Crippen molar-refractivity contribution < 1.29 is 37.5 Å². The van der Waals surface area contributed by atoms with Gasteiger partial charge in [0, 0.05) is 22.0 Å². The number of amides is 1. The van der Waals surface area contributed by atoms with E-state index in [1.165, 1.54) is 6.26 Å². The highest BCUT2D eigenvalue weighted by Crippen LogP contribution is 2.25. The Balaban J connectivity index is 3.22. The zero-order valence-electron chi connectivity index (χ0n) is 16.6. The summed E-state index contributed by atoms with van der Waals surface area (Å²) >= 11 is 11.2. The second-order valence-corrected chi connectivity index (χ2v) is 8.13. The van der Waals surface area contributed by atoms with Crippen molar-refractivity contribution in [2.24, 2.45) is 0 Å². The molecule has 1 rings (SSSR count). The number of carbonyl (C=O) groups is 3. The monoisotopic (exact) mass is 483 g/mol. The van der Waals surface area contributed by atoms with Crippen LogP contribution < -0.4 is 5.32 Å². The molecule has 1 aromatic rings. The number of ether oxygens (including phenoxy) is 4. The van der Waals surface area contributed by atoms with Crippen molar-refractivity contribution in [1.82, 2.24) is 5.32 Å². The van der Waals surface area contributed by atoms with E-state index < -0.39 is 52.6 Å². The quantitative estimate of drug-likeness (QED) is 0.398. The summed E-state index contributed by atoms with van der Waals surface area (Å²) < 4.78 is 31.5. The summed E-state index contributed by atoms with van der Waals surface area (Å²) in [7, 11) is -1.23. The molecule has 0 aromatic heterocycles. The topological polar surface area (TPSA) is 117 Å². The number of halogens is 2. The molecule has 0 spiro atoms. The lowest BCUT2D eigenvalue weighted by Gasteiger charge is -2.27. The number of alkyl halides is 2. The predicted octanol–water partition coefficient (Wildman–Crippen LogP) is 3.10. The van der Waals surface area contributed by atoms with E-state index in [2.05, 4.69) is 5.32 Å². The summed E-state index contributed by atoms with van der Waals surface area (Å²) in [5, 5.41) is 2.47. The van der Waals surface area contributed by atoms with Gasteiger partial charge in [0.05, 0.1) is 13.2 Å². The summed E-state index contributed by atoms with van der Waals surface area (Å²) in [5.41, 5.74) is 0.413. The van der Waals surface area contributed by atoms with Crippen LogP contribution in [0.3, 0.4) is 0 Å². The van der Waals surface area contributed by atoms with Gasteiger partial charge in [0.1, 0.15) is 12.6 Å². The van der Waals surface area contributed by atoms with Crippen molar-refractivity contribution in [3.8, 4) is 0 Å². The van der Waals surface area contributed by atoms with Gasteiger partial charge in [0.25, 0.3) is 5.91 Å². The zero-order valence-corrected chi connectivity index (χ0v) is 18.9. The van der Waals surface area contributed by atoms with Crippen LogP contribution in [0, 0.1) is 0 Å². The molecular formula is C18H23Cl2NO8S.